The number of aromatic amines is 1. The summed E-state index contributed by atoms with van der Waals surface area (Å²) >= 11 is 0. The summed E-state index contributed by atoms with van der Waals surface area (Å²) in [6.45, 7) is 0. The van der Waals surface area contributed by atoms with Crippen LogP contribution in [-0.4, -0.2) is 25.0 Å². The lowest BCUT2D eigenvalue weighted by Gasteiger charge is -2.05. The molecule has 90 valence electrons. The van der Waals surface area contributed by atoms with Crippen molar-refractivity contribution in [2.75, 3.05) is 5.32 Å². The highest BCUT2D eigenvalue weighted by Gasteiger charge is 2.09. The highest BCUT2D eigenvalue weighted by molar-refractivity contribution is 5.84. The van der Waals surface area contributed by atoms with Gasteiger partial charge in [-0.2, -0.15) is 14.4 Å². The van der Waals surface area contributed by atoms with Gasteiger partial charge in [-0.1, -0.05) is 0 Å². The maximum absolute atomic E-state index is 13.2. The molecule has 0 saturated heterocycles. The molecule has 2 heterocycles. The molecule has 7 heteroatoms. The van der Waals surface area contributed by atoms with Crippen LogP contribution in [0.4, 0.5) is 15.9 Å². The number of phenols is 1. The Hall–Kier alpha value is -2.70. The van der Waals surface area contributed by atoms with Crippen LogP contribution in [0.2, 0.25) is 0 Å². The van der Waals surface area contributed by atoms with Crippen molar-refractivity contribution in [1.29, 1.82) is 0 Å². The molecule has 0 saturated carbocycles. The summed E-state index contributed by atoms with van der Waals surface area (Å²) in [6, 6.07) is 6.32. The zero-order valence-electron chi connectivity index (χ0n) is 9.05. The minimum atomic E-state index is -0.840. The van der Waals surface area contributed by atoms with Crippen LogP contribution < -0.4 is 5.32 Å². The van der Waals surface area contributed by atoms with E-state index in [9.17, 15) is 9.50 Å². The third-order valence-corrected chi connectivity index (χ3v) is 2.38. The van der Waals surface area contributed by atoms with Crippen LogP contribution in [0, 0.1) is 6.08 Å². The van der Waals surface area contributed by atoms with E-state index < -0.39 is 6.08 Å². The van der Waals surface area contributed by atoms with Crippen molar-refractivity contribution < 1.29 is 9.50 Å². The molecule has 0 aliphatic rings. The predicted octanol–water partition coefficient (Wildman–Crippen LogP) is 1.94. The third kappa shape index (κ3) is 1.81. The summed E-state index contributed by atoms with van der Waals surface area (Å²) in [5, 5.41) is 12.1. The first kappa shape index (κ1) is 10.5. The highest BCUT2D eigenvalue weighted by atomic mass is 19.1. The number of nitrogens with one attached hydrogen (secondary N) is 2. The summed E-state index contributed by atoms with van der Waals surface area (Å²) in [5.74, 6) is 0.420. The van der Waals surface area contributed by atoms with Crippen LogP contribution >= 0.6 is 0 Å². The average molecular weight is 245 g/mol. The molecule has 0 aliphatic heterocycles. The number of nitrogens with zero attached hydrogens (tertiary/aromatic N) is 3. The molecule has 6 nitrogen and oxygen atoms in total. The number of hydrogen-bond acceptors (Lipinski definition) is 5. The first-order valence-electron chi connectivity index (χ1n) is 5.15. The summed E-state index contributed by atoms with van der Waals surface area (Å²) in [5.41, 5.74) is 1.43. The molecule has 0 aliphatic carbocycles. The van der Waals surface area contributed by atoms with Crippen molar-refractivity contribution in [3.8, 4) is 5.75 Å². The number of imidazole rings is 1. The van der Waals surface area contributed by atoms with Gasteiger partial charge in [0.1, 0.15) is 5.75 Å². The Balaban J connectivity index is 2.03. The van der Waals surface area contributed by atoms with Crippen LogP contribution in [0.3, 0.4) is 0 Å². The largest absolute Gasteiger partial charge is 0.508 e. The summed E-state index contributed by atoms with van der Waals surface area (Å²) < 4.78 is 13.2. The van der Waals surface area contributed by atoms with Gasteiger partial charge in [0, 0.05) is 5.69 Å². The maximum atomic E-state index is 13.2. The molecule has 2 aromatic heterocycles. The Labute approximate surface area is 101 Å². The minimum absolute atomic E-state index is 0.152. The van der Waals surface area contributed by atoms with E-state index in [0.29, 0.717) is 16.9 Å². The SMILES string of the molecule is Oc1ccc(Nc2nc(F)nc3[nH]cnc23)cc1. The van der Waals surface area contributed by atoms with Gasteiger partial charge in [0.25, 0.3) is 0 Å². The second kappa shape index (κ2) is 3.95. The van der Waals surface area contributed by atoms with Crippen molar-refractivity contribution in [2.45, 2.75) is 0 Å². The molecule has 0 amide bonds. The fourth-order valence-corrected chi connectivity index (χ4v) is 1.58. The summed E-state index contributed by atoms with van der Waals surface area (Å²) in [7, 11) is 0. The third-order valence-electron chi connectivity index (χ3n) is 2.38. The highest BCUT2D eigenvalue weighted by Crippen LogP contribution is 2.22. The van der Waals surface area contributed by atoms with E-state index in [1.54, 1.807) is 12.1 Å². The quantitative estimate of drug-likeness (QED) is 0.474. The van der Waals surface area contributed by atoms with E-state index in [4.69, 9.17) is 0 Å². The van der Waals surface area contributed by atoms with E-state index >= 15 is 0 Å². The van der Waals surface area contributed by atoms with E-state index in [-0.39, 0.29) is 11.6 Å². The van der Waals surface area contributed by atoms with Gasteiger partial charge < -0.3 is 15.4 Å². The number of aromatic hydroxyl groups is 1. The van der Waals surface area contributed by atoms with Crippen molar-refractivity contribution in [1.82, 2.24) is 19.9 Å². The molecular formula is C11H8FN5O. The molecule has 3 rings (SSSR count). The number of hydrogen-bond donors (Lipinski definition) is 3. The minimum Gasteiger partial charge on any atom is -0.508 e. The van der Waals surface area contributed by atoms with Gasteiger partial charge in [-0.05, 0) is 24.3 Å². The Morgan fingerprint density at radius 1 is 1.17 bits per heavy atom. The predicted molar refractivity (Wildman–Crippen MR) is 63.0 cm³/mol. The number of aromatic nitrogens is 4. The topological polar surface area (TPSA) is 86.7 Å². The van der Waals surface area contributed by atoms with Gasteiger partial charge in [0.05, 0.1) is 6.33 Å². The number of halogens is 1. The normalized spacial score (nSPS) is 10.7. The summed E-state index contributed by atoms with van der Waals surface area (Å²) in [6.07, 6.45) is 0.578. The van der Waals surface area contributed by atoms with Crippen molar-refractivity contribution in [2.24, 2.45) is 0 Å². The zero-order chi connectivity index (χ0) is 12.5. The van der Waals surface area contributed by atoms with E-state index in [1.807, 2.05) is 0 Å². The lowest BCUT2D eigenvalue weighted by Crippen LogP contribution is -1.99. The first-order valence-corrected chi connectivity index (χ1v) is 5.15. The second-order valence-electron chi connectivity index (χ2n) is 3.61. The van der Waals surface area contributed by atoms with Crippen LogP contribution in [0.25, 0.3) is 11.2 Å². The van der Waals surface area contributed by atoms with Crippen molar-refractivity contribution >= 4 is 22.7 Å². The number of phenolic OH excluding ortho intramolecular Hbond substituents is 1. The number of benzene rings is 1. The molecule has 18 heavy (non-hydrogen) atoms. The standard InChI is InChI=1S/C11H8FN5O/c12-11-16-9-8(13-5-14-9)10(17-11)15-6-1-3-7(18)4-2-6/h1-5,18H,(H2,13,14,15,16,17). The van der Waals surface area contributed by atoms with Crippen LogP contribution in [0.1, 0.15) is 0 Å². The Bertz CT molecular complexity index is 694. The Morgan fingerprint density at radius 3 is 2.72 bits per heavy atom. The number of fused-ring (bicyclic) bond motifs is 1. The lowest BCUT2D eigenvalue weighted by molar-refractivity contribution is 0.475. The zero-order valence-corrected chi connectivity index (χ0v) is 9.05. The Morgan fingerprint density at radius 2 is 1.94 bits per heavy atom. The van der Waals surface area contributed by atoms with Gasteiger partial charge in [-0.25, -0.2) is 4.98 Å². The molecular weight excluding hydrogens is 237 g/mol. The van der Waals surface area contributed by atoms with E-state index in [1.165, 1.54) is 18.5 Å². The monoisotopic (exact) mass is 245 g/mol. The molecule has 3 aromatic rings. The molecule has 0 unspecified atom stereocenters. The van der Waals surface area contributed by atoms with Crippen LogP contribution in [-0.2, 0) is 0 Å². The number of H-pyrrole nitrogens is 1. The molecule has 0 fully saturated rings. The lowest BCUT2D eigenvalue weighted by atomic mass is 10.3. The Kier molecular flexibility index (Phi) is 2.30. The van der Waals surface area contributed by atoms with Gasteiger partial charge in [-0.3, -0.25) is 0 Å². The molecule has 1 aromatic carbocycles. The smallest absolute Gasteiger partial charge is 0.312 e. The van der Waals surface area contributed by atoms with Crippen LogP contribution in [0.5, 0.6) is 5.75 Å². The maximum Gasteiger partial charge on any atom is 0.312 e. The molecule has 0 bridgehead atoms. The van der Waals surface area contributed by atoms with E-state index in [2.05, 4.69) is 25.3 Å². The van der Waals surface area contributed by atoms with Gasteiger partial charge >= 0.3 is 6.08 Å². The molecule has 0 radical (unpaired) electrons. The van der Waals surface area contributed by atoms with Crippen molar-refractivity contribution in [3.05, 3.63) is 36.7 Å². The molecule has 0 spiro atoms. The van der Waals surface area contributed by atoms with E-state index in [0.717, 1.165) is 0 Å². The fourth-order valence-electron chi connectivity index (χ4n) is 1.58. The molecule has 0 atom stereocenters. The summed E-state index contributed by atoms with van der Waals surface area (Å²) in [4.78, 5) is 14.0. The average Bonchev–Trinajstić information content (AvgIpc) is 2.80. The number of anilines is 2. The fraction of sp³-hybridized carbons (Fsp3) is 0. The van der Waals surface area contributed by atoms with Crippen molar-refractivity contribution in [3.63, 3.8) is 0 Å². The first-order chi connectivity index (χ1) is 8.72. The molecule has 3 N–H and O–H groups in total. The number of rotatable bonds is 2. The van der Waals surface area contributed by atoms with Crippen LogP contribution in [0.15, 0.2) is 30.6 Å². The van der Waals surface area contributed by atoms with Gasteiger partial charge in [0.15, 0.2) is 17.0 Å². The van der Waals surface area contributed by atoms with Gasteiger partial charge in [0.2, 0.25) is 0 Å². The van der Waals surface area contributed by atoms with Gasteiger partial charge in [-0.15, -0.1) is 0 Å². The second-order valence-corrected chi connectivity index (χ2v) is 3.61.